The lowest BCUT2D eigenvalue weighted by Gasteiger charge is -2.06. The van der Waals surface area contributed by atoms with Crippen LogP contribution in [0.1, 0.15) is 0 Å². The van der Waals surface area contributed by atoms with Crippen LogP contribution in [-0.2, 0) is 0 Å². The molecule has 0 aliphatic carbocycles. The van der Waals surface area contributed by atoms with E-state index in [0.29, 0.717) is 17.0 Å². The first-order chi connectivity index (χ1) is 9.60. The average Bonchev–Trinajstić information content (AvgIpc) is 2.76. The van der Waals surface area contributed by atoms with Gasteiger partial charge in [0.1, 0.15) is 11.6 Å². The zero-order chi connectivity index (χ0) is 14.3. The Hall–Kier alpha value is -2.28. The SMILES string of the molecule is COc1ccc2[nH]c(=S)n(-c3cc(F)ccc3F)c2n1. The molecule has 1 aromatic carbocycles. The molecule has 1 N–H and O–H groups in total. The predicted molar refractivity (Wildman–Crippen MR) is 72.7 cm³/mol. The number of nitrogens with one attached hydrogen (secondary N) is 1. The molecule has 3 rings (SSSR count). The third-order valence-electron chi connectivity index (χ3n) is 2.86. The van der Waals surface area contributed by atoms with E-state index in [1.807, 2.05) is 0 Å². The van der Waals surface area contributed by atoms with Gasteiger partial charge >= 0.3 is 0 Å². The molecule has 0 unspecified atom stereocenters. The Kier molecular flexibility index (Phi) is 2.98. The lowest BCUT2D eigenvalue weighted by Crippen LogP contribution is -2.00. The number of imidazole rings is 1. The van der Waals surface area contributed by atoms with E-state index in [-0.39, 0.29) is 10.5 Å². The molecule has 0 atom stereocenters. The number of aromatic amines is 1. The zero-order valence-corrected chi connectivity index (χ0v) is 11.2. The van der Waals surface area contributed by atoms with Crippen LogP contribution in [0.5, 0.6) is 5.88 Å². The number of pyridine rings is 1. The van der Waals surface area contributed by atoms with Crippen LogP contribution in [0.15, 0.2) is 30.3 Å². The predicted octanol–water partition coefficient (Wildman–Crippen LogP) is 3.37. The number of methoxy groups -OCH3 is 1. The topological polar surface area (TPSA) is 42.8 Å². The molecule has 0 radical (unpaired) electrons. The lowest BCUT2D eigenvalue weighted by atomic mass is 10.3. The standard InChI is InChI=1S/C13H9F2N3OS/c1-19-11-5-4-9-12(17-11)18(13(20)16-9)10-6-7(14)2-3-8(10)15/h2-6H,1H3,(H,16,20). The Morgan fingerprint density at radius 3 is 2.80 bits per heavy atom. The number of hydrogen-bond acceptors (Lipinski definition) is 3. The fourth-order valence-electron chi connectivity index (χ4n) is 1.96. The maximum absolute atomic E-state index is 13.9. The number of aromatic nitrogens is 3. The zero-order valence-electron chi connectivity index (χ0n) is 10.4. The van der Waals surface area contributed by atoms with Gasteiger partial charge in [-0.2, -0.15) is 4.98 Å². The molecule has 0 saturated heterocycles. The number of rotatable bonds is 2. The van der Waals surface area contributed by atoms with Crippen LogP contribution in [-0.4, -0.2) is 21.6 Å². The first kappa shape index (κ1) is 12.7. The highest BCUT2D eigenvalue weighted by Crippen LogP contribution is 2.23. The first-order valence-corrected chi connectivity index (χ1v) is 6.12. The summed E-state index contributed by atoms with van der Waals surface area (Å²) in [6.07, 6.45) is 0. The van der Waals surface area contributed by atoms with E-state index in [0.717, 1.165) is 18.2 Å². The van der Waals surface area contributed by atoms with Gasteiger partial charge in [0.25, 0.3) is 0 Å². The Balaban J connectivity index is 2.37. The van der Waals surface area contributed by atoms with Gasteiger partial charge in [0.2, 0.25) is 5.88 Å². The molecule has 4 nitrogen and oxygen atoms in total. The fraction of sp³-hybridized carbons (Fsp3) is 0.0769. The van der Waals surface area contributed by atoms with Crippen molar-refractivity contribution in [1.29, 1.82) is 0 Å². The average molecular weight is 293 g/mol. The molecule has 0 amide bonds. The number of fused-ring (bicyclic) bond motifs is 1. The molecule has 0 aliphatic rings. The van der Waals surface area contributed by atoms with Gasteiger partial charge in [-0.1, -0.05) is 0 Å². The molecule has 2 aromatic heterocycles. The van der Waals surface area contributed by atoms with Crippen LogP contribution in [0, 0.1) is 16.4 Å². The minimum absolute atomic E-state index is 0.00185. The minimum Gasteiger partial charge on any atom is -0.481 e. The molecule has 0 saturated carbocycles. The molecule has 0 aliphatic heterocycles. The monoisotopic (exact) mass is 293 g/mol. The summed E-state index contributed by atoms with van der Waals surface area (Å²) in [6.45, 7) is 0. The van der Waals surface area contributed by atoms with Crippen LogP contribution in [0.4, 0.5) is 8.78 Å². The first-order valence-electron chi connectivity index (χ1n) is 5.71. The smallest absolute Gasteiger partial charge is 0.215 e. The Morgan fingerprint density at radius 1 is 1.25 bits per heavy atom. The molecular weight excluding hydrogens is 284 g/mol. The maximum atomic E-state index is 13.9. The van der Waals surface area contributed by atoms with Crippen LogP contribution in [0.3, 0.4) is 0 Å². The van der Waals surface area contributed by atoms with Crippen LogP contribution in [0.2, 0.25) is 0 Å². The van der Waals surface area contributed by atoms with E-state index < -0.39 is 11.6 Å². The second kappa shape index (κ2) is 4.68. The summed E-state index contributed by atoms with van der Waals surface area (Å²) in [5.41, 5.74) is 0.986. The second-order valence-electron chi connectivity index (χ2n) is 4.09. The summed E-state index contributed by atoms with van der Waals surface area (Å²) in [4.78, 5) is 7.11. The second-order valence-corrected chi connectivity index (χ2v) is 4.47. The highest BCUT2D eigenvalue weighted by molar-refractivity contribution is 7.71. The molecular formula is C13H9F2N3OS. The van der Waals surface area contributed by atoms with Crippen molar-refractivity contribution in [3.63, 3.8) is 0 Å². The molecule has 20 heavy (non-hydrogen) atoms. The van der Waals surface area contributed by atoms with Gasteiger partial charge in [-0.25, -0.2) is 8.78 Å². The third kappa shape index (κ3) is 1.96. The van der Waals surface area contributed by atoms with Crippen molar-refractivity contribution in [2.45, 2.75) is 0 Å². The highest BCUT2D eigenvalue weighted by Gasteiger charge is 2.13. The molecule has 7 heteroatoms. The maximum Gasteiger partial charge on any atom is 0.215 e. The Morgan fingerprint density at radius 2 is 2.05 bits per heavy atom. The van der Waals surface area contributed by atoms with Crippen molar-refractivity contribution in [2.75, 3.05) is 7.11 Å². The minimum atomic E-state index is -0.590. The molecule has 0 bridgehead atoms. The highest BCUT2D eigenvalue weighted by atomic mass is 32.1. The van der Waals surface area contributed by atoms with Gasteiger partial charge in [0.05, 0.1) is 18.3 Å². The van der Waals surface area contributed by atoms with Gasteiger partial charge in [-0.05, 0) is 30.4 Å². The number of ether oxygens (including phenoxy) is 1. The summed E-state index contributed by atoms with van der Waals surface area (Å²) in [7, 11) is 1.47. The number of H-pyrrole nitrogens is 1. The lowest BCUT2D eigenvalue weighted by molar-refractivity contribution is 0.399. The van der Waals surface area contributed by atoms with E-state index in [1.165, 1.54) is 11.7 Å². The van der Waals surface area contributed by atoms with Crippen molar-refractivity contribution in [2.24, 2.45) is 0 Å². The van der Waals surface area contributed by atoms with Crippen LogP contribution in [0.25, 0.3) is 16.9 Å². The van der Waals surface area contributed by atoms with E-state index in [4.69, 9.17) is 17.0 Å². The molecule has 3 aromatic rings. The van der Waals surface area contributed by atoms with Crippen molar-refractivity contribution in [3.05, 3.63) is 46.7 Å². The Bertz CT molecular complexity index is 856. The van der Waals surface area contributed by atoms with Crippen molar-refractivity contribution >= 4 is 23.4 Å². The number of nitrogens with zero attached hydrogens (tertiary/aromatic N) is 2. The summed E-state index contributed by atoms with van der Waals surface area (Å²) >= 11 is 5.15. The summed E-state index contributed by atoms with van der Waals surface area (Å²) in [6, 6.07) is 6.53. The largest absolute Gasteiger partial charge is 0.481 e. The van der Waals surface area contributed by atoms with Gasteiger partial charge in [0.15, 0.2) is 10.4 Å². The van der Waals surface area contributed by atoms with Gasteiger partial charge in [0, 0.05) is 12.1 Å². The van der Waals surface area contributed by atoms with Gasteiger partial charge in [-0.3, -0.25) is 4.57 Å². The quantitative estimate of drug-likeness (QED) is 0.737. The van der Waals surface area contributed by atoms with Gasteiger partial charge in [-0.15, -0.1) is 0 Å². The molecule has 2 heterocycles. The van der Waals surface area contributed by atoms with E-state index >= 15 is 0 Å². The number of halogens is 2. The van der Waals surface area contributed by atoms with Crippen molar-refractivity contribution < 1.29 is 13.5 Å². The summed E-state index contributed by atoms with van der Waals surface area (Å²) in [5.74, 6) is -0.786. The normalized spacial score (nSPS) is 10.9. The molecule has 0 fully saturated rings. The third-order valence-corrected chi connectivity index (χ3v) is 3.15. The van der Waals surface area contributed by atoms with Gasteiger partial charge < -0.3 is 9.72 Å². The van der Waals surface area contributed by atoms with Crippen LogP contribution >= 0.6 is 12.2 Å². The number of hydrogen-bond donors (Lipinski definition) is 1. The Labute approximate surface area is 117 Å². The molecule has 102 valence electrons. The van der Waals surface area contributed by atoms with Crippen molar-refractivity contribution in [1.82, 2.24) is 14.5 Å². The van der Waals surface area contributed by atoms with E-state index in [9.17, 15) is 8.78 Å². The molecule has 0 spiro atoms. The fourth-order valence-corrected chi connectivity index (χ4v) is 2.26. The number of benzene rings is 1. The summed E-state index contributed by atoms with van der Waals surface area (Å²) in [5, 5.41) is 0. The summed E-state index contributed by atoms with van der Waals surface area (Å²) < 4.78 is 33.9. The van der Waals surface area contributed by atoms with E-state index in [2.05, 4.69) is 9.97 Å². The van der Waals surface area contributed by atoms with E-state index in [1.54, 1.807) is 12.1 Å². The van der Waals surface area contributed by atoms with Crippen molar-refractivity contribution in [3.8, 4) is 11.6 Å². The van der Waals surface area contributed by atoms with Crippen LogP contribution < -0.4 is 4.74 Å².